The number of carbonyl (C=O) groups excluding carboxylic acids is 1. The van der Waals surface area contributed by atoms with Crippen LogP contribution in [0.2, 0.25) is 0 Å². The van der Waals surface area contributed by atoms with Crippen LogP contribution in [0.4, 0.5) is 0 Å². The van der Waals surface area contributed by atoms with Gasteiger partial charge in [-0.2, -0.15) is 0 Å². The summed E-state index contributed by atoms with van der Waals surface area (Å²) in [4.78, 5) is 23.5. The molecule has 5 nitrogen and oxygen atoms in total. The van der Waals surface area contributed by atoms with Gasteiger partial charge in [0.1, 0.15) is 0 Å². The van der Waals surface area contributed by atoms with Crippen molar-refractivity contribution in [1.82, 2.24) is 10.2 Å². The van der Waals surface area contributed by atoms with Crippen LogP contribution in [-0.4, -0.2) is 49.1 Å². The van der Waals surface area contributed by atoms with E-state index >= 15 is 0 Å². The van der Waals surface area contributed by atoms with Gasteiger partial charge in [0.25, 0.3) is 0 Å². The number of carboxylic acids is 1. The first-order chi connectivity index (χ1) is 6.43. The summed E-state index contributed by atoms with van der Waals surface area (Å²) in [6.07, 6.45) is 0.0444. The Morgan fingerprint density at radius 3 is 2.43 bits per heavy atom. The monoisotopic (exact) mass is 202 g/mol. The maximum atomic E-state index is 11.1. The lowest BCUT2D eigenvalue weighted by molar-refractivity contribution is -0.143. The highest BCUT2D eigenvalue weighted by atomic mass is 16.4. The lowest BCUT2D eigenvalue weighted by atomic mass is 10.1. The van der Waals surface area contributed by atoms with Crippen molar-refractivity contribution in [1.29, 1.82) is 0 Å². The lowest BCUT2D eigenvalue weighted by Crippen LogP contribution is -2.33. The molecule has 0 aliphatic carbocycles. The van der Waals surface area contributed by atoms with Crippen molar-refractivity contribution in [2.45, 2.75) is 13.3 Å². The van der Waals surface area contributed by atoms with E-state index in [2.05, 4.69) is 5.32 Å². The summed E-state index contributed by atoms with van der Waals surface area (Å²) in [6, 6.07) is 0. The van der Waals surface area contributed by atoms with Gasteiger partial charge in [-0.15, -0.1) is 0 Å². The van der Waals surface area contributed by atoms with Gasteiger partial charge in [0.2, 0.25) is 5.91 Å². The van der Waals surface area contributed by atoms with Crippen LogP contribution < -0.4 is 5.32 Å². The largest absolute Gasteiger partial charge is 0.481 e. The minimum atomic E-state index is -0.937. The lowest BCUT2D eigenvalue weighted by Gasteiger charge is -2.11. The molecule has 0 aliphatic heterocycles. The van der Waals surface area contributed by atoms with E-state index in [9.17, 15) is 9.59 Å². The van der Waals surface area contributed by atoms with Crippen molar-refractivity contribution in [2.75, 3.05) is 27.2 Å². The molecule has 0 aromatic carbocycles. The number of hydrogen-bond donors (Lipinski definition) is 2. The topological polar surface area (TPSA) is 69.6 Å². The molecule has 0 bridgehead atoms. The maximum absolute atomic E-state index is 11.1. The van der Waals surface area contributed by atoms with Crippen molar-refractivity contribution in [3.63, 3.8) is 0 Å². The second-order valence-electron chi connectivity index (χ2n) is 3.60. The molecule has 0 saturated heterocycles. The second kappa shape index (κ2) is 6.37. The average Bonchev–Trinajstić information content (AvgIpc) is 2.02. The number of amides is 1. The zero-order valence-corrected chi connectivity index (χ0v) is 8.91. The summed E-state index contributed by atoms with van der Waals surface area (Å²) in [5, 5.41) is 11.2. The molecule has 0 aromatic heterocycles. The number of carboxylic acid groups (broad SMARTS) is 1. The molecule has 0 saturated carbocycles. The Hall–Kier alpha value is -1.10. The quantitative estimate of drug-likeness (QED) is 0.624. The van der Waals surface area contributed by atoms with Crippen LogP contribution in [0.15, 0.2) is 0 Å². The first kappa shape index (κ1) is 12.9. The molecule has 0 radical (unpaired) electrons. The molecular formula is C9H18N2O3. The maximum Gasteiger partial charge on any atom is 0.306 e. The summed E-state index contributed by atoms with van der Waals surface area (Å²) in [5.41, 5.74) is 0. The third-order valence-corrected chi connectivity index (χ3v) is 1.79. The first-order valence-electron chi connectivity index (χ1n) is 4.57. The van der Waals surface area contributed by atoms with E-state index in [0.717, 1.165) is 6.54 Å². The van der Waals surface area contributed by atoms with E-state index in [1.165, 1.54) is 6.92 Å². The summed E-state index contributed by atoms with van der Waals surface area (Å²) < 4.78 is 0. The van der Waals surface area contributed by atoms with Crippen molar-refractivity contribution in [2.24, 2.45) is 5.92 Å². The molecule has 0 aromatic rings. The Kier molecular flexibility index (Phi) is 5.87. The van der Waals surface area contributed by atoms with E-state index in [4.69, 9.17) is 5.11 Å². The fraction of sp³-hybridized carbons (Fsp3) is 0.778. The van der Waals surface area contributed by atoms with E-state index in [1.54, 1.807) is 0 Å². The Labute approximate surface area is 84.1 Å². The van der Waals surface area contributed by atoms with Crippen LogP contribution in [0, 0.1) is 5.92 Å². The fourth-order valence-electron chi connectivity index (χ4n) is 0.856. The number of hydrogen-bond acceptors (Lipinski definition) is 3. The molecule has 1 unspecified atom stereocenters. The van der Waals surface area contributed by atoms with E-state index in [1.807, 2.05) is 19.0 Å². The summed E-state index contributed by atoms with van der Waals surface area (Å²) in [6.45, 7) is 2.83. The highest BCUT2D eigenvalue weighted by Gasteiger charge is 2.14. The molecule has 0 fully saturated rings. The van der Waals surface area contributed by atoms with E-state index in [0.29, 0.717) is 6.54 Å². The minimum Gasteiger partial charge on any atom is -0.481 e. The van der Waals surface area contributed by atoms with Crippen molar-refractivity contribution >= 4 is 11.9 Å². The first-order valence-corrected chi connectivity index (χ1v) is 4.57. The van der Waals surface area contributed by atoms with Gasteiger partial charge in [0.15, 0.2) is 0 Å². The molecule has 82 valence electrons. The van der Waals surface area contributed by atoms with Crippen LogP contribution in [0.5, 0.6) is 0 Å². The number of aliphatic carboxylic acids is 1. The van der Waals surface area contributed by atoms with Crippen LogP contribution >= 0.6 is 0 Å². The summed E-state index contributed by atoms with van der Waals surface area (Å²) in [7, 11) is 3.82. The van der Waals surface area contributed by atoms with Crippen molar-refractivity contribution in [3.05, 3.63) is 0 Å². The third kappa shape index (κ3) is 6.42. The Bertz CT molecular complexity index is 204. The predicted octanol–water partition coefficient (Wildman–Crippen LogP) is -0.225. The molecule has 0 spiro atoms. The number of likely N-dealkylation sites (N-methyl/N-ethyl adjacent to an activating group) is 1. The van der Waals surface area contributed by atoms with Gasteiger partial charge < -0.3 is 15.3 Å². The van der Waals surface area contributed by atoms with Gasteiger partial charge in [-0.25, -0.2) is 0 Å². The molecule has 14 heavy (non-hydrogen) atoms. The van der Waals surface area contributed by atoms with Gasteiger partial charge >= 0.3 is 5.97 Å². The summed E-state index contributed by atoms with van der Waals surface area (Å²) >= 11 is 0. The molecule has 1 atom stereocenters. The third-order valence-electron chi connectivity index (χ3n) is 1.79. The number of nitrogens with zero attached hydrogens (tertiary/aromatic N) is 1. The molecule has 0 heterocycles. The van der Waals surface area contributed by atoms with Gasteiger partial charge in [0.05, 0.1) is 5.92 Å². The van der Waals surface area contributed by atoms with Crippen LogP contribution in [0.25, 0.3) is 0 Å². The predicted molar refractivity (Wildman–Crippen MR) is 53.0 cm³/mol. The van der Waals surface area contributed by atoms with E-state index in [-0.39, 0.29) is 12.3 Å². The molecule has 0 aliphatic rings. The Balaban J connectivity index is 3.60. The average molecular weight is 202 g/mol. The normalized spacial score (nSPS) is 12.6. The highest BCUT2D eigenvalue weighted by Crippen LogP contribution is 2.00. The number of nitrogens with one attached hydrogen (secondary N) is 1. The zero-order valence-electron chi connectivity index (χ0n) is 8.91. The molecule has 2 N–H and O–H groups in total. The van der Waals surface area contributed by atoms with Gasteiger partial charge in [-0.05, 0) is 14.1 Å². The van der Waals surface area contributed by atoms with Gasteiger partial charge in [-0.3, -0.25) is 9.59 Å². The van der Waals surface area contributed by atoms with E-state index < -0.39 is 11.9 Å². The minimum absolute atomic E-state index is 0.0444. The Morgan fingerprint density at radius 2 is 2.00 bits per heavy atom. The number of carbonyl (C=O) groups is 2. The van der Waals surface area contributed by atoms with Gasteiger partial charge in [-0.1, -0.05) is 6.92 Å². The summed E-state index contributed by atoms with van der Waals surface area (Å²) in [5.74, 6) is -1.76. The van der Waals surface area contributed by atoms with Crippen LogP contribution in [-0.2, 0) is 9.59 Å². The Morgan fingerprint density at radius 1 is 1.43 bits per heavy atom. The smallest absolute Gasteiger partial charge is 0.306 e. The standard InChI is InChI=1S/C9H18N2O3/c1-7(9(13)14)6-8(12)10-4-5-11(2)3/h7H,4-6H2,1-3H3,(H,10,12)(H,13,14). The van der Waals surface area contributed by atoms with Crippen molar-refractivity contribution < 1.29 is 14.7 Å². The van der Waals surface area contributed by atoms with Crippen LogP contribution in [0.3, 0.4) is 0 Å². The van der Waals surface area contributed by atoms with Crippen LogP contribution in [0.1, 0.15) is 13.3 Å². The van der Waals surface area contributed by atoms with Gasteiger partial charge in [0, 0.05) is 19.5 Å². The fourth-order valence-corrected chi connectivity index (χ4v) is 0.856. The highest BCUT2D eigenvalue weighted by molar-refractivity contribution is 5.81. The second-order valence-corrected chi connectivity index (χ2v) is 3.60. The molecule has 1 amide bonds. The zero-order chi connectivity index (χ0) is 11.1. The molecular weight excluding hydrogens is 184 g/mol. The SMILES string of the molecule is CC(CC(=O)NCCN(C)C)C(=O)O. The molecule has 5 heteroatoms. The number of rotatable bonds is 6. The molecule has 0 rings (SSSR count). The van der Waals surface area contributed by atoms with Crippen molar-refractivity contribution in [3.8, 4) is 0 Å².